The maximum Gasteiger partial charge on any atom is 0.0407 e. The fraction of sp³-hybridized carbons (Fsp3) is 0.571. The Kier molecular flexibility index (Phi) is 3.20. The largest absolute Gasteiger partial charge is 0.366 e. The van der Waals surface area contributed by atoms with Crippen molar-refractivity contribution in [3.8, 4) is 0 Å². The Balaban J connectivity index is 2.37. The van der Waals surface area contributed by atoms with E-state index in [0.29, 0.717) is 12.1 Å². The molecule has 88 valence electrons. The highest BCUT2D eigenvalue weighted by atomic mass is 15.2. The third-order valence-corrected chi connectivity index (χ3v) is 3.55. The van der Waals surface area contributed by atoms with Gasteiger partial charge in [0.15, 0.2) is 0 Å². The Labute approximate surface area is 98.4 Å². The van der Waals surface area contributed by atoms with Gasteiger partial charge in [-0.2, -0.15) is 0 Å². The van der Waals surface area contributed by atoms with Crippen molar-refractivity contribution in [3.05, 3.63) is 29.3 Å². The van der Waals surface area contributed by atoms with E-state index < -0.39 is 0 Å². The van der Waals surface area contributed by atoms with Crippen molar-refractivity contribution >= 4 is 5.69 Å². The van der Waals surface area contributed by atoms with Crippen LogP contribution in [0.2, 0.25) is 0 Å². The Bertz CT molecular complexity index is 371. The van der Waals surface area contributed by atoms with Gasteiger partial charge in [-0.25, -0.2) is 0 Å². The van der Waals surface area contributed by atoms with E-state index in [9.17, 15) is 0 Å². The summed E-state index contributed by atoms with van der Waals surface area (Å²) in [4.78, 5) is 2.54. The highest BCUT2D eigenvalue weighted by Crippen LogP contribution is 2.36. The summed E-state index contributed by atoms with van der Waals surface area (Å²) in [6.07, 6.45) is 2.25. The fourth-order valence-electron chi connectivity index (χ4n) is 2.86. The summed E-state index contributed by atoms with van der Waals surface area (Å²) in [6.45, 7) is 7.52. The molecule has 2 heteroatoms. The van der Waals surface area contributed by atoms with Crippen molar-refractivity contribution in [2.24, 2.45) is 5.73 Å². The number of aryl methyl sites for hydroxylation is 1. The van der Waals surface area contributed by atoms with Gasteiger partial charge in [-0.15, -0.1) is 0 Å². The van der Waals surface area contributed by atoms with Gasteiger partial charge >= 0.3 is 0 Å². The Hall–Kier alpha value is -1.02. The van der Waals surface area contributed by atoms with Gasteiger partial charge in [-0.3, -0.25) is 0 Å². The number of hydrogen-bond acceptors (Lipinski definition) is 2. The van der Waals surface area contributed by atoms with Gasteiger partial charge in [0.05, 0.1) is 0 Å². The van der Waals surface area contributed by atoms with E-state index in [0.717, 1.165) is 19.4 Å². The first-order chi connectivity index (χ1) is 7.65. The SMILES string of the molecule is Cc1cccc2c1CC(CCN)N2C(C)C. The van der Waals surface area contributed by atoms with Crippen LogP contribution in [-0.4, -0.2) is 18.6 Å². The second kappa shape index (κ2) is 4.46. The normalized spacial score (nSPS) is 19.3. The zero-order chi connectivity index (χ0) is 11.7. The molecule has 0 spiro atoms. The van der Waals surface area contributed by atoms with E-state index in [1.54, 1.807) is 0 Å². The lowest BCUT2D eigenvalue weighted by Crippen LogP contribution is -2.38. The average molecular weight is 218 g/mol. The van der Waals surface area contributed by atoms with Crippen molar-refractivity contribution < 1.29 is 0 Å². The topological polar surface area (TPSA) is 29.3 Å². The molecule has 0 aromatic heterocycles. The predicted octanol–water partition coefficient (Wildman–Crippen LogP) is 2.48. The van der Waals surface area contributed by atoms with Gasteiger partial charge in [0.1, 0.15) is 0 Å². The summed E-state index contributed by atoms with van der Waals surface area (Å²) in [5.74, 6) is 0. The highest BCUT2D eigenvalue weighted by Gasteiger charge is 2.30. The van der Waals surface area contributed by atoms with Crippen LogP contribution in [0, 0.1) is 6.92 Å². The van der Waals surface area contributed by atoms with E-state index in [1.807, 2.05) is 0 Å². The van der Waals surface area contributed by atoms with Gasteiger partial charge in [0.2, 0.25) is 0 Å². The minimum atomic E-state index is 0.555. The molecule has 2 N–H and O–H groups in total. The predicted molar refractivity (Wildman–Crippen MR) is 70.0 cm³/mol. The molecule has 1 unspecified atom stereocenters. The number of anilines is 1. The van der Waals surface area contributed by atoms with Crippen LogP contribution in [0.15, 0.2) is 18.2 Å². The molecule has 16 heavy (non-hydrogen) atoms. The first-order valence-corrected chi connectivity index (χ1v) is 6.22. The standard InChI is InChI=1S/C14H22N2/c1-10(2)16-12(7-8-15)9-13-11(3)5-4-6-14(13)16/h4-6,10,12H,7-9,15H2,1-3H3. The number of nitrogens with zero attached hydrogens (tertiary/aromatic N) is 1. The van der Waals surface area contributed by atoms with Crippen molar-refractivity contribution in [1.29, 1.82) is 0 Å². The van der Waals surface area contributed by atoms with E-state index in [2.05, 4.69) is 43.9 Å². The van der Waals surface area contributed by atoms with Gasteiger partial charge in [-0.1, -0.05) is 12.1 Å². The van der Waals surface area contributed by atoms with E-state index in [4.69, 9.17) is 5.73 Å². The molecule has 2 rings (SSSR count). The van der Waals surface area contributed by atoms with Crippen molar-refractivity contribution in [2.75, 3.05) is 11.4 Å². The first-order valence-electron chi connectivity index (χ1n) is 6.22. The number of nitrogens with two attached hydrogens (primary N) is 1. The lowest BCUT2D eigenvalue weighted by atomic mass is 10.0. The Morgan fingerprint density at radius 3 is 2.81 bits per heavy atom. The van der Waals surface area contributed by atoms with Crippen LogP contribution in [-0.2, 0) is 6.42 Å². The Morgan fingerprint density at radius 2 is 2.19 bits per heavy atom. The van der Waals surface area contributed by atoms with Crippen LogP contribution >= 0.6 is 0 Å². The molecule has 0 bridgehead atoms. The molecule has 0 amide bonds. The minimum absolute atomic E-state index is 0.555. The number of fused-ring (bicyclic) bond motifs is 1. The zero-order valence-corrected chi connectivity index (χ0v) is 10.5. The number of rotatable bonds is 3. The molecule has 0 radical (unpaired) electrons. The molecule has 1 aromatic rings. The number of hydrogen-bond donors (Lipinski definition) is 1. The molecule has 0 fully saturated rings. The van der Waals surface area contributed by atoms with Crippen LogP contribution in [0.4, 0.5) is 5.69 Å². The maximum absolute atomic E-state index is 5.72. The molecule has 1 atom stereocenters. The van der Waals surface area contributed by atoms with E-state index in [1.165, 1.54) is 16.8 Å². The van der Waals surface area contributed by atoms with E-state index in [-0.39, 0.29) is 0 Å². The average Bonchev–Trinajstić information content (AvgIpc) is 2.58. The van der Waals surface area contributed by atoms with Crippen LogP contribution in [0.5, 0.6) is 0 Å². The van der Waals surface area contributed by atoms with Crippen molar-refractivity contribution in [2.45, 2.75) is 45.7 Å². The summed E-state index contributed by atoms with van der Waals surface area (Å²) in [7, 11) is 0. The minimum Gasteiger partial charge on any atom is -0.366 e. The second-order valence-electron chi connectivity index (χ2n) is 5.01. The summed E-state index contributed by atoms with van der Waals surface area (Å²) in [5, 5.41) is 0. The van der Waals surface area contributed by atoms with Gasteiger partial charge < -0.3 is 10.6 Å². The summed E-state index contributed by atoms with van der Waals surface area (Å²) < 4.78 is 0. The van der Waals surface area contributed by atoms with Crippen LogP contribution in [0.25, 0.3) is 0 Å². The molecule has 1 aliphatic heterocycles. The summed E-state index contributed by atoms with van der Waals surface area (Å²) in [6, 6.07) is 7.77. The first kappa shape index (κ1) is 11.5. The molecule has 0 aliphatic carbocycles. The third kappa shape index (κ3) is 1.82. The van der Waals surface area contributed by atoms with Crippen LogP contribution < -0.4 is 10.6 Å². The zero-order valence-electron chi connectivity index (χ0n) is 10.5. The molecule has 1 heterocycles. The molecule has 1 aliphatic rings. The molecular weight excluding hydrogens is 196 g/mol. The lowest BCUT2D eigenvalue weighted by molar-refractivity contribution is 0.541. The van der Waals surface area contributed by atoms with Crippen molar-refractivity contribution in [1.82, 2.24) is 0 Å². The number of benzene rings is 1. The van der Waals surface area contributed by atoms with Gasteiger partial charge in [-0.05, 0) is 57.4 Å². The Morgan fingerprint density at radius 1 is 1.44 bits per heavy atom. The summed E-state index contributed by atoms with van der Waals surface area (Å²) >= 11 is 0. The molecule has 2 nitrogen and oxygen atoms in total. The van der Waals surface area contributed by atoms with Gasteiger partial charge in [0, 0.05) is 17.8 Å². The van der Waals surface area contributed by atoms with Crippen LogP contribution in [0.1, 0.15) is 31.4 Å². The highest BCUT2D eigenvalue weighted by molar-refractivity contribution is 5.62. The van der Waals surface area contributed by atoms with Crippen LogP contribution in [0.3, 0.4) is 0 Å². The maximum atomic E-state index is 5.72. The molecule has 0 saturated heterocycles. The third-order valence-electron chi connectivity index (χ3n) is 3.55. The monoisotopic (exact) mass is 218 g/mol. The van der Waals surface area contributed by atoms with E-state index >= 15 is 0 Å². The summed E-state index contributed by atoms with van der Waals surface area (Å²) in [5.41, 5.74) is 10.1. The van der Waals surface area contributed by atoms with Gasteiger partial charge in [0.25, 0.3) is 0 Å². The quantitative estimate of drug-likeness (QED) is 0.844. The molecule has 0 saturated carbocycles. The van der Waals surface area contributed by atoms with Crippen molar-refractivity contribution in [3.63, 3.8) is 0 Å². The molecular formula is C14H22N2. The lowest BCUT2D eigenvalue weighted by Gasteiger charge is -2.31. The second-order valence-corrected chi connectivity index (χ2v) is 5.01. The fourth-order valence-corrected chi connectivity index (χ4v) is 2.86. The smallest absolute Gasteiger partial charge is 0.0407 e. The molecule has 1 aromatic carbocycles.